The third-order valence-corrected chi connectivity index (χ3v) is 4.97. The molecule has 0 aliphatic heterocycles. The van der Waals surface area contributed by atoms with Crippen molar-refractivity contribution in [3.8, 4) is 0 Å². The molecule has 1 nitrogen and oxygen atoms in total. The van der Waals surface area contributed by atoms with Gasteiger partial charge in [0.25, 0.3) is 0 Å². The lowest BCUT2D eigenvalue weighted by Gasteiger charge is -2.33. The number of hydrogen-bond donors (Lipinski definition) is 1. The number of rotatable bonds is 4. The lowest BCUT2D eigenvalue weighted by molar-refractivity contribution is 0.0455. The molecule has 0 amide bonds. The van der Waals surface area contributed by atoms with Gasteiger partial charge in [0.1, 0.15) is 11.6 Å². The van der Waals surface area contributed by atoms with Crippen molar-refractivity contribution in [3.05, 3.63) is 33.8 Å². The van der Waals surface area contributed by atoms with E-state index >= 15 is 0 Å². The zero-order valence-electron chi connectivity index (χ0n) is 11.7. The van der Waals surface area contributed by atoms with Gasteiger partial charge in [-0.3, -0.25) is 0 Å². The van der Waals surface area contributed by atoms with Gasteiger partial charge < -0.3 is 5.11 Å². The van der Waals surface area contributed by atoms with E-state index in [2.05, 4.69) is 22.9 Å². The number of halogens is 3. The van der Waals surface area contributed by atoms with Gasteiger partial charge in [-0.05, 0) is 65.6 Å². The summed E-state index contributed by atoms with van der Waals surface area (Å²) in [5, 5.41) is 10.1. The van der Waals surface area contributed by atoms with Gasteiger partial charge in [0.2, 0.25) is 0 Å². The minimum Gasteiger partial charge on any atom is -0.393 e. The molecule has 3 atom stereocenters. The molecule has 1 aromatic carbocycles. The zero-order chi connectivity index (χ0) is 14.7. The maximum absolute atomic E-state index is 14.0. The Morgan fingerprint density at radius 3 is 2.75 bits per heavy atom. The van der Waals surface area contributed by atoms with Crippen molar-refractivity contribution in [1.82, 2.24) is 0 Å². The van der Waals surface area contributed by atoms with Crippen LogP contribution in [0.5, 0.6) is 0 Å². The molecule has 1 fully saturated rings. The molecule has 0 aromatic heterocycles. The van der Waals surface area contributed by atoms with Crippen molar-refractivity contribution in [2.45, 2.75) is 51.6 Å². The molecule has 20 heavy (non-hydrogen) atoms. The number of hydrogen-bond acceptors (Lipinski definition) is 1. The first-order valence-corrected chi connectivity index (χ1v) is 8.12. The Morgan fingerprint density at radius 2 is 2.05 bits per heavy atom. The van der Waals surface area contributed by atoms with E-state index in [9.17, 15) is 13.9 Å². The molecule has 2 rings (SSSR count). The quantitative estimate of drug-likeness (QED) is 0.772. The minimum absolute atomic E-state index is 0.0430. The fourth-order valence-electron chi connectivity index (χ4n) is 3.25. The fraction of sp³-hybridized carbons (Fsp3) is 0.625. The Bertz CT molecular complexity index is 464. The van der Waals surface area contributed by atoms with Crippen LogP contribution in [-0.2, 0) is 6.42 Å². The van der Waals surface area contributed by atoms with Crippen LogP contribution in [0.15, 0.2) is 16.6 Å². The van der Waals surface area contributed by atoms with Crippen LogP contribution in [-0.4, -0.2) is 11.2 Å². The van der Waals surface area contributed by atoms with E-state index in [0.717, 1.165) is 32.1 Å². The van der Waals surface area contributed by atoms with Crippen LogP contribution in [0.25, 0.3) is 0 Å². The van der Waals surface area contributed by atoms with Gasteiger partial charge in [0.05, 0.1) is 10.6 Å². The number of benzene rings is 1. The minimum atomic E-state index is -0.533. The van der Waals surface area contributed by atoms with Crippen molar-refractivity contribution >= 4 is 15.9 Å². The van der Waals surface area contributed by atoms with Crippen LogP contribution in [0.2, 0.25) is 0 Å². The first kappa shape index (κ1) is 15.9. The SMILES string of the molecule is CCCC1CCC(O)C(Cc2c(F)ccc(Br)c2F)C1. The van der Waals surface area contributed by atoms with E-state index in [1.165, 1.54) is 12.1 Å². The van der Waals surface area contributed by atoms with Crippen LogP contribution in [0.1, 0.15) is 44.6 Å². The lowest BCUT2D eigenvalue weighted by Crippen LogP contribution is -2.31. The van der Waals surface area contributed by atoms with Crippen LogP contribution >= 0.6 is 15.9 Å². The molecule has 0 bridgehead atoms. The average molecular weight is 347 g/mol. The molecule has 1 saturated carbocycles. The highest BCUT2D eigenvalue weighted by Gasteiger charge is 2.30. The second kappa shape index (κ2) is 6.99. The number of aliphatic hydroxyl groups is 1. The first-order valence-electron chi connectivity index (χ1n) is 7.33. The van der Waals surface area contributed by atoms with Crippen molar-refractivity contribution in [2.75, 3.05) is 0 Å². The molecule has 0 saturated heterocycles. The van der Waals surface area contributed by atoms with Crippen LogP contribution in [0.4, 0.5) is 8.78 Å². The summed E-state index contributed by atoms with van der Waals surface area (Å²) in [6.45, 7) is 2.15. The van der Waals surface area contributed by atoms with E-state index in [1.54, 1.807) is 0 Å². The highest BCUT2D eigenvalue weighted by molar-refractivity contribution is 9.10. The predicted octanol–water partition coefficient (Wildman–Crippen LogP) is 4.85. The van der Waals surface area contributed by atoms with E-state index in [4.69, 9.17) is 0 Å². The molecule has 1 aromatic rings. The van der Waals surface area contributed by atoms with Gasteiger partial charge in [0, 0.05) is 5.56 Å². The van der Waals surface area contributed by atoms with Gasteiger partial charge >= 0.3 is 0 Å². The normalized spacial score (nSPS) is 26.8. The topological polar surface area (TPSA) is 20.2 Å². The Hall–Kier alpha value is -0.480. The Labute approximate surface area is 127 Å². The molecule has 4 heteroatoms. The Morgan fingerprint density at radius 1 is 1.30 bits per heavy atom. The highest BCUT2D eigenvalue weighted by Crippen LogP contribution is 2.35. The van der Waals surface area contributed by atoms with Crippen LogP contribution < -0.4 is 0 Å². The maximum Gasteiger partial charge on any atom is 0.143 e. The second-order valence-electron chi connectivity index (χ2n) is 5.82. The molecule has 1 N–H and O–H groups in total. The van der Waals surface area contributed by atoms with Crippen molar-refractivity contribution < 1.29 is 13.9 Å². The van der Waals surface area contributed by atoms with Crippen molar-refractivity contribution in [2.24, 2.45) is 11.8 Å². The van der Waals surface area contributed by atoms with Crippen LogP contribution in [0, 0.1) is 23.5 Å². The largest absolute Gasteiger partial charge is 0.393 e. The van der Waals surface area contributed by atoms with Gasteiger partial charge in [-0.15, -0.1) is 0 Å². The van der Waals surface area contributed by atoms with Crippen LogP contribution in [0.3, 0.4) is 0 Å². The molecular formula is C16H21BrF2O. The molecule has 0 spiro atoms. The lowest BCUT2D eigenvalue weighted by atomic mass is 9.75. The smallest absolute Gasteiger partial charge is 0.143 e. The van der Waals surface area contributed by atoms with E-state index < -0.39 is 17.7 Å². The molecular weight excluding hydrogens is 326 g/mol. The van der Waals surface area contributed by atoms with E-state index in [1.807, 2.05) is 0 Å². The highest BCUT2D eigenvalue weighted by atomic mass is 79.9. The average Bonchev–Trinajstić information content (AvgIpc) is 2.43. The van der Waals surface area contributed by atoms with E-state index in [0.29, 0.717) is 5.92 Å². The molecule has 1 aliphatic carbocycles. The molecule has 1 aliphatic rings. The Balaban J connectivity index is 2.13. The zero-order valence-corrected chi connectivity index (χ0v) is 13.3. The van der Waals surface area contributed by atoms with E-state index in [-0.39, 0.29) is 22.4 Å². The van der Waals surface area contributed by atoms with Crippen molar-refractivity contribution in [1.29, 1.82) is 0 Å². The summed E-state index contributed by atoms with van der Waals surface area (Å²) in [4.78, 5) is 0. The summed E-state index contributed by atoms with van der Waals surface area (Å²) in [5.41, 5.74) is 0.0978. The van der Waals surface area contributed by atoms with Gasteiger partial charge in [0.15, 0.2) is 0 Å². The summed E-state index contributed by atoms with van der Waals surface area (Å²) >= 11 is 3.09. The summed E-state index contributed by atoms with van der Waals surface area (Å²) in [6.07, 6.45) is 4.71. The monoisotopic (exact) mass is 346 g/mol. The van der Waals surface area contributed by atoms with Gasteiger partial charge in [-0.2, -0.15) is 0 Å². The summed E-state index contributed by atoms with van der Waals surface area (Å²) < 4.78 is 28.1. The van der Waals surface area contributed by atoms with Gasteiger partial charge in [-0.25, -0.2) is 8.78 Å². The molecule has 0 radical (unpaired) electrons. The van der Waals surface area contributed by atoms with Gasteiger partial charge in [-0.1, -0.05) is 19.8 Å². The third-order valence-electron chi connectivity index (χ3n) is 4.35. The summed E-state index contributed by atoms with van der Waals surface area (Å²) in [6, 6.07) is 2.66. The number of aliphatic hydroxyl groups excluding tert-OH is 1. The van der Waals surface area contributed by atoms with Crippen molar-refractivity contribution in [3.63, 3.8) is 0 Å². The second-order valence-corrected chi connectivity index (χ2v) is 6.68. The standard InChI is InChI=1S/C16H21BrF2O/c1-2-3-10-4-7-15(20)11(8-10)9-12-14(18)6-5-13(17)16(12)19/h5-6,10-11,15,20H,2-4,7-9H2,1H3. The summed E-state index contributed by atoms with van der Waals surface area (Å²) in [7, 11) is 0. The third kappa shape index (κ3) is 3.59. The molecule has 0 heterocycles. The Kier molecular flexibility index (Phi) is 5.56. The maximum atomic E-state index is 14.0. The molecule has 112 valence electrons. The first-order chi connectivity index (χ1) is 9.52. The summed E-state index contributed by atoms with van der Waals surface area (Å²) in [5.74, 6) is -0.518. The fourth-order valence-corrected chi connectivity index (χ4v) is 3.62. The predicted molar refractivity (Wildman–Crippen MR) is 79.5 cm³/mol. The molecule has 3 unspecified atom stereocenters.